The fraction of sp³-hybridized carbons (Fsp3) is 0.556. The van der Waals surface area contributed by atoms with E-state index < -0.39 is 0 Å². The summed E-state index contributed by atoms with van der Waals surface area (Å²) >= 11 is 0. The second kappa shape index (κ2) is 3.67. The predicted octanol–water partition coefficient (Wildman–Crippen LogP) is 3.31. The first-order valence-corrected chi connectivity index (χ1v) is 7.97. The lowest BCUT2D eigenvalue weighted by Crippen LogP contribution is -2.41. The fourth-order valence-electron chi connectivity index (χ4n) is 5.29. The summed E-state index contributed by atoms with van der Waals surface area (Å²) in [6.45, 7) is 3.24. The van der Waals surface area contributed by atoms with Crippen LogP contribution < -0.4 is 4.90 Å². The van der Waals surface area contributed by atoms with Crippen molar-refractivity contribution in [1.29, 1.82) is 0 Å². The van der Waals surface area contributed by atoms with Gasteiger partial charge in [0.15, 0.2) is 0 Å². The van der Waals surface area contributed by atoms with Crippen LogP contribution in [0.5, 0.6) is 0 Å². The summed E-state index contributed by atoms with van der Waals surface area (Å²) in [4.78, 5) is 2.63. The highest BCUT2D eigenvalue weighted by Gasteiger charge is 2.65. The minimum absolute atomic E-state index is 0.0319. The molecule has 3 heterocycles. The number of aryl methyl sites for hydroxylation is 1. The van der Waals surface area contributed by atoms with Crippen LogP contribution in [0.3, 0.4) is 0 Å². The van der Waals surface area contributed by atoms with Gasteiger partial charge in [-0.15, -0.1) is 0 Å². The van der Waals surface area contributed by atoms with Crippen LogP contribution in [0.1, 0.15) is 24.8 Å². The van der Waals surface area contributed by atoms with Crippen molar-refractivity contribution < 1.29 is 4.74 Å². The van der Waals surface area contributed by atoms with Gasteiger partial charge in [0.1, 0.15) is 5.60 Å². The number of rotatable bonds is 1. The van der Waals surface area contributed by atoms with E-state index in [2.05, 4.69) is 48.2 Å². The van der Waals surface area contributed by atoms with Crippen LogP contribution >= 0.6 is 0 Å². The van der Waals surface area contributed by atoms with Crippen molar-refractivity contribution in [2.45, 2.75) is 43.9 Å². The van der Waals surface area contributed by atoms with Crippen LogP contribution in [0, 0.1) is 18.8 Å². The minimum Gasteiger partial charge on any atom is -0.365 e. The maximum atomic E-state index is 6.43. The number of nitrogens with zero attached hydrogens (tertiary/aromatic N) is 1. The molecule has 0 aromatic heterocycles. The minimum atomic E-state index is 0.0319. The van der Waals surface area contributed by atoms with Gasteiger partial charge >= 0.3 is 0 Å². The van der Waals surface area contributed by atoms with Gasteiger partial charge in [-0.1, -0.05) is 30.7 Å². The van der Waals surface area contributed by atoms with Crippen molar-refractivity contribution in [3.05, 3.63) is 42.0 Å². The molecule has 1 aromatic rings. The zero-order valence-corrected chi connectivity index (χ0v) is 12.0. The Morgan fingerprint density at radius 2 is 2.25 bits per heavy atom. The Kier molecular flexibility index (Phi) is 2.09. The first kappa shape index (κ1) is 11.4. The Morgan fingerprint density at radius 3 is 3.15 bits per heavy atom. The van der Waals surface area contributed by atoms with E-state index in [9.17, 15) is 0 Å². The topological polar surface area (TPSA) is 12.5 Å². The molecule has 2 nitrogen and oxygen atoms in total. The van der Waals surface area contributed by atoms with Gasteiger partial charge in [0, 0.05) is 17.6 Å². The molecule has 0 radical (unpaired) electrons. The van der Waals surface area contributed by atoms with E-state index in [4.69, 9.17) is 4.74 Å². The number of benzene rings is 1. The van der Waals surface area contributed by atoms with Crippen LogP contribution in [0.4, 0.5) is 5.69 Å². The van der Waals surface area contributed by atoms with Gasteiger partial charge in [-0.3, -0.25) is 0 Å². The van der Waals surface area contributed by atoms with Crippen molar-refractivity contribution in [3.8, 4) is 0 Å². The first-order valence-electron chi connectivity index (χ1n) is 7.97. The molecule has 3 aliphatic heterocycles. The highest BCUT2D eigenvalue weighted by molar-refractivity contribution is 5.54. The molecule has 1 aliphatic carbocycles. The van der Waals surface area contributed by atoms with E-state index >= 15 is 0 Å². The molecular weight excluding hydrogens is 246 g/mol. The number of hydrogen-bond acceptors (Lipinski definition) is 2. The second-order valence-electron chi connectivity index (χ2n) is 7.05. The van der Waals surface area contributed by atoms with Gasteiger partial charge in [0.05, 0.1) is 12.6 Å². The Labute approximate surface area is 120 Å². The SMILES string of the molecule is Cc1cccc(N2C[C@@]34C=C[C@@H](O3)C3CCCC2C34)c1. The predicted molar refractivity (Wildman–Crippen MR) is 79.9 cm³/mol. The Bertz CT molecular complexity index is 595. The van der Waals surface area contributed by atoms with E-state index in [-0.39, 0.29) is 5.60 Å². The Hall–Kier alpha value is -1.28. The third-order valence-corrected chi connectivity index (χ3v) is 5.97. The van der Waals surface area contributed by atoms with Crippen LogP contribution in [0.15, 0.2) is 36.4 Å². The molecule has 0 N–H and O–H groups in total. The summed E-state index contributed by atoms with van der Waals surface area (Å²) in [5.74, 6) is 1.50. The summed E-state index contributed by atoms with van der Waals surface area (Å²) in [6.07, 6.45) is 9.19. The summed E-state index contributed by atoms with van der Waals surface area (Å²) in [5.41, 5.74) is 2.77. The lowest BCUT2D eigenvalue weighted by Gasteiger charge is -2.37. The van der Waals surface area contributed by atoms with E-state index in [1.165, 1.54) is 30.5 Å². The van der Waals surface area contributed by atoms with Crippen LogP contribution in [-0.4, -0.2) is 24.3 Å². The molecule has 104 valence electrons. The maximum Gasteiger partial charge on any atom is 0.110 e. The maximum absolute atomic E-state index is 6.43. The lowest BCUT2D eigenvalue weighted by atomic mass is 9.68. The van der Waals surface area contributed by atoms with Crippen LogP contribution in [0.25, 0.3) is 0 Å². The molecule has 2 heteroatoms. The normalized spacial score (nSPS) is 44.1. The van der Waals surface area contributed by atoms with E-state index in [0.29, 0.717) is 12.1 Å². The monoisotopic (exact) mass is 267 g/mol. The van der Waals surface area contributed by atoms with Crippen LogP contribution in [0.2, 0.25) is 0 Å². The van der Waals surface area contributed by atoms with Crippen molar-refractivity contribution in [2.24, 2.45) is 11.8 Å². The Balaban J connectivity index is 1.59. The van der Waals surface area contributed by atoms with Crippen molar-refractivity contribution in [3.63, 3.8) is 0 Å². The van der Waals surface area contributed by atoms with Gasteiger partial charge < -0.3 is 9.64 Å². The number of ether oxygens (including phenoxy) is 1. The van der Waals surface area contributed by atoms with Gasteiger partial charge in [0.2, 0.25) is 0 Å². The molecule has 1 aromatic carbocycles. The molecule has 1 spiro atoms. The molecule has 1 saturated carbocycles. The van der Waals surface area contributed by atoms with Crippen LogP contribution in [-0.2, 0) is 4.74 Å². The van der Waals surface area contributed by atoms with E-state index in [1.807, 2.05) is 0 Å². The Morgan fingerprint density at radius 1 is 1.30 bits per heavy atom. The molecule has 2 bridgehead atoms. The smallest absolute Gasteiger partial charge is 0.110 e. The molecular formula is C18H21NO. The average Bonchev–Trinajstić information content (AvgIpc) is 3.11. The molecule has 5 atom stereocenters. The molecule has 0 amide bonds. The fourth-order valence-corrected chi connectivity index (χ4v) is 5.29. The number of fused-ring (bicyclic) bond motifs is 2. The van der Waals surface area contributed by atoms with E-state index in [0.717, 1.165) is 18.4 Å². The average molecular weight is 267 g/mol. The summed E-state index contributed by atoms with van der Waals surface area (Å²) in [7, 11) is 0. The first-order chi connectivity index (χ1) is 9.77. The van der Waals surface area contributed by atoms with E-state index in [1.54, 1.807) is 0 Å². The molecule has 3 unspecified atom stereocenters. The zero-order valence-electron chi connectivity index (χ0n) is 12.0. The molecule has 4 aliphatic rings. The highest BCUT2D eigenvalue weighted by Crippen LogP contribution is 2.58. The van der Waals surface area contributed by atoms with Gasteiger partial charge in [-0.2, -0.15) is 0 Å². The van der Waals surface area contributed by atoms with Gasteiger partial charge in [-0.05, 0) is 43.4 Å². The third kappa shape index (κ3) is 1.28. The molecule has 20 heavy (non-hydrogen) atoms. The van der Waals surface area contributed by atoms with Crippen molar-refractivity contribution >= 4 is 5.69 Å². The van der Waals surface area contributed by atoms with Gasteiger partial charge in [0.25, 0.3) is 0 Å². The number of anilines is 1. The van der Waals surface area contributed by atoms with Crippen molar-refractivity contribution in [1.82, 2.24) is 0 Å². The molecule has 5 rings (SSSR count). The highest BCUT2D eigenvalue weighted by atomic mass is 16.5. The molecule has 3 fully saturated rings. The van der Waals surface area contributed by atoms with Gasteiger partial charge in [-0.25, -0.2) is 0 Å². The summed E-state index contributed by atoms with van der Waals surface area (Å²) in [5, 5.41) is 0. The summed E-state index contributed by atoms with van der Waals surface area (Å²) in [6, 6.07) is 9.66. The lowest BCUT2D eigenvalue weighted by molar-refractivity contribution is 0.0319. The molecule has 2 saturated heterocycles. The summed E-state index contributed by atoms with van der Waals surface area (Å²) < 4.78 is 6.43. The quantitative estimate of drug-likeness (QED) is 0.724. The number of hydrogen-bond donors (Lipinski definition) is 0. The largest absolute Gasteiger partial charge is 0.365 e. The second-order valence-corrected chi connectivity index (χ2v) is 7.05. The zero-order chi connectivity index (χ0) is 13.3. The standard InChI is InChI=1S/C18H21NO/c1-12-4-2-5-13(10-12)19-11-18-9-8-16(20-18)14-6-3-7-15(19)17(14)18/h2,4-5,8-10,14-17H,3,6-7,11H2,1H3/t14?,15?,16-,17?,18-/m1/s1. The van der Waals surface area contributed by atoms with Crippen molar-refractivity contribution in [2.75, 3.05) is 11.4 Å². The third-order valence-electron chi connectivity index (χ3n) is 5.97.